The highest BCUT2D eigenvalue weighted by Gasteiger charge is 2.33. The van der Waals surface area contributed by atoms with Crippen LogP contribution in [0.4, 0.5) is 0 Å². The summed E-state index contributed by atoms with van der Waals surface area (Å²) in [5.41, 5.74) is 0. The van der Waals surface area contributed by atoms with Crippen molar-refractivity contribution in [3.63, 3.8) is 0 Å². The first-order chi connectivity index (χ1) is 8.16. The molecule has 0 aromatic heterocycles. The molecule has 2 saturated heterocycles. The first kappa shape index (κ1) is 13.3. The lowest BCUT2D eigenvalue weighted by Gasteiger charge is -2.46. The Balaban J connectivity index is 1.73. The van der Waals surface area contributed by atoms with Crippen LogP contribution in [-0.4, -0.2) is 60.3 Å². The van der Waals surface area contributed by atoms with Gasteiger partial charge in [0.15, 0.2) is 0 Å². The number of rotatable bonds is 4. The van der Waals surface area contributed by atoms with Gasteiger partial charge in [0.2, 0.25) is 0 Å². The molecule has 3 heteroatoms. The van der Waals surface area contributed by atoms with Crippen LogP contribution in [-0.2, 0) is 0 Å². The predicted octanol–water partition coefficient (Wildman–Crippen LogP) is 1.56. The Morgan fingerprint density at radius 2 is 2.12 bits per heavy atom. The Hall–Kier alpha value is -0.120. The first-order valence-corrected chi connectivity index (χ1v) is 7.27. The predicted molar refractivity (Wildman–Crippen MR) is 71.1 cm³/mol. The molecule has 0 spiro atoms. The minimum absolute atomic E-state index is 0.131. The van der Waals surface area contributed by atoms with Crippen molar-refractivity contribution in [2.75, 3.05) is 33.2 Å². The lowest BCUT2D eigenvalue weighted by atomic mass is 9.84. The molecular formula is C14H28N2O. The van der Waals surface area contributed by atoms with E-state index in [1.54, 1.807) is 0 Å². The molecule has 2 aliphatic heterocycles. The summed E-state index contributed by atoms with van der Waals surface area (Å²) in [5.74, 6) is 0.897. The largest absolute Gasteiger partial charge is 0.393 e. The molecule has 17 heavy (non-hydrogen) atoms. The molecule has 0 radical (unpaired) electrons. The zero-order valence-electron chi connectivity index (χ0n) is 11.4. The van der Waals surface area contributed by atoms with Gasteiger partial charge in [0.1, 0.15) is 0 Å². The van der Waals surface area contributed by atoms with E-state index in [1.807, 2.05) is 6.92 Å². The number of fused-ring (bicyclic) bond motifs is 1. The minimum atomic E-state index is -0.131. The van der Waals surface area contributed by atoms with Crippen LogP contribution in [0, 0.1) is 5.92 Å². The fourth-order valence-electron chi connectivity index (χ4n) is 3.54. The summed E-state index contributed by atoms with van der Waals surface area (Å²) in [6.07, 6.45) is 6.10. The van der Waals surface area contributed by atoms with E-state index in [4.69, 9.17) is 0 Å². The van der Waals surface area contributed by atoms with Crippen molar-refractivity contribution in [2.45, 2.75) is 51.2 Å². The monoisotopic (exact) mass is 240 g/mol. The molecule has 2 heterocycles. The molecule has 0 bridgehead atoms. The molecule has 0 aliphatic carbocycles. The maximum absolute atomic E-state index is 9.28. The normalized spacial score (nSPS) is 33.4. The Morgan fingerprint density at radius 1 is 1.29 bits per heavy atom. The molecule has 0 saturated carbocycles. The van der Waals surface area contributed by atoms with E-state index in [0.29, 0.717) is 0 Å². The van der Waals surface area contributed by atoms with Crippen LogP contribution in [0.15, 0.2) is 0 Å². The third kappa shape index (κ3) is 3.67. The van der Waals surface area contributed by atoms with Gasteiger partial charge in [-0.05, 0) is 71.6 Å². The molecule has 1 N–H and O–H groups in total. The van der Waals surface area contributed by atoms with Crippen molar-refractivity contribution in [2.24, 2.45) is 5.92 Å². The first-order valence-electron chi connectivity index (χ1n) is 7.27. The van der Waals surface area contributed by atoms with Crippen LogP contribution < -0.4 is 0 Å². The fourth-order valence-corrected chi connectivity index (χ4v) is 3.54. The zero-order chi connectivity index (χ0) is 12.3. The van der Waals surface area contributed by atoms with E-state index in [2.05, 4.69) is 16.8 Å². The van der Waals surface area contributed by atoms with E-state index in [0.717, 1.165) is 24.8 Å². The zero-order valence-corrected chi connectivity index (χ0v) is 11.4. The average molecular weight is 240 g/mol. The molecule has 3 unspecified atom stereocenters. The topological polar surface area (TPSA) is 26.7 Å². The summed E-state index contributed by atoms with van der Waals surface area (Å²) in [6, 6.07) is 0.844. The molecular weight excluding hydrogens is 212 g/mol. The molecule has 3 nitrogen and oxygen atoms in total. The SMILES string of the molecule is CC(O)CCCN1CCC2C(CCCN2C)C1. The summed E-state index contributed by atoms with van der Waals surface area (Å²) >= 11 is 0. The maximum atomic E-state index is 9.28. The lowest BCUT2D eigenvalue weighted by molar-refractivity contribution is 0.0366. The van der Waals surface area contributed by atoms with Gasteiger partial charge in [0.05, 0.1) is 6.10 Å². The molecule has 3 atom stereocenters. The van der Waals surface area contributed by atoms with Gasteiger partial charge >= 0.3 is 0 Å². The van der Waals surface area contributed by atoms with Crippen molar-refractivity contribution in [3.05, 3.63) is 0 Å². The van der Waals surface area contributed by atoms with Gasteiger partial charge in [-0.2, -0.15) is 0 Å². The Morgan fingerprint density at radius 3 is 2.88 bits per heavy atom. The number of piperidine rings is 2. The highest BCUT2D eigenvalue weighted by Crippen LogP contribution is 2.29. The molecule has 2 aliphatic rings. The van der Waals surface area contributed by atoms with Gasteiger partial charge < -0.3 is 14.9 Å². The molecule has 0 aromatic rings. The summed E-state index contributed by atoms with van der Waals surface area (Å²) in [7, 11) is 2.29. The van der Waals surface area contributed by atoms with Gasteiger partial charge in [0, 0.05) is 12.6 Å². The second-order valence-corrected chi connectivity index (χ2v) is 6.03. The number of nitrogens with zero attached hydrogens (tertiary/aromatic N) is 2. The Kier molecular flexibility index (Phi) is 4.83. The van der Waals surface area contributed by atoms with Crippen LogP contribution in [0.5, 0.6) is 0 Å². The lowest BCUT2D eigenvalue weighted by Crippen LogP contribution is -2.52. The standard InChI is InChI=1S/C14H28N2O/c1-12(17)5-3-9-16-10-7-14-13(11-16)6-4-8-15(14)2/h12-14,17H,3-11H2,1-2H3. The fraction of sp³-hybridized carbons (Fsp3) is 1.00. The van der Waals surface area contributed by atoms with Crippen LogP contribution in [0.25, 0.3) is 0 Å². The summed E-state index contributed by atoms with van der Waals surface area (Å²) in [4.78, 5) is 5.18. The van der Waals surface area contributed by atoms with Crippen molar-refractivity contribution in [1.82, 2.24) is 9.80 Å². The summed E-state index contributed by atoms with van der Waals surface area (Å²) in [5, 5.41) is 9.28. The minimum Gasteiger partial charge on any atom is -0.393 e. The van der Waals surface area contributed by atoms with Gasteiger partial charge in [0.25, 0.3) is 0 Å². The van der Waals surface area contributed by atoms with Crippen LogP contribution in [0.2, 0.25) is 0 Å². The number of aliphatic hydroxyl groups excluding tert-OH is 1. The second-order valence-electron chi connectivity index (χ2n) is 6.03. The van der Waals surface area contributed by atoms with Crippen LogP contribution in [0.1, 0.15) is 39.0 Å². The number of aliphatic hydroxyl groups is 1. The third-order valence-corrected chi connectivity index (χ3v) is 4.53. The van der Waals surface area contributed by atoms with Gasteiger partial charge in [-0.15, -0.1) is 0 Å². The van der Waals surface area contributed by atoms with Crippen molar-refractivity contribution in [1.29, 1.82) is 0 Å². The van der Waals surface area contributed by atoms with Gasteiger partial charge in [-0.1, -0.05) is 0 Å². The molecule has 0 aromatic carbocycles. The van der Waals surface area contributed by atoms with Gasteiger partial charge in [-0.3, -0.25) is 0 Å². The average Bonchev–Trinajstić information content (AvgIpc) is 2.29. The number of likely N-dealkylation sites (tertiary alicyclic amines) is 2. The van der Waals surface area contributed by atoms with Crippen molar-refractivity contribution in [3.8, 4) is 0 Å². The second kappa shape index (κ2) is 6.17. The van der Waals surface area contributed by atoms with E-state index in [1.165, 1.54) is 45.4 Å². The highest BCUT2D eigenvalue weighted by atomic mass is 16.3. The van der Waals surface area contributed by atoms with Gasteiger partial charge in [-0.25, -0.2) is 0 Å². The highest BCUT2D eigenvalue weighted by molar-refractivity contribution is 4.89. The third-order valence-electron chi connectivity index (χ3n) is 4.53. The molecule has 100 valence electrons. The van der Waals surface area contributed by atoms with E-state index in [9.17, 15) is 5.11 Å². The smallest absolute Gasteiger partial charge is 0.0512 e. The molecule has 2 fully saturated rings. The quantitative estimate of drug-likeness (QED) is 0.808. The van der Waals surface area contributed by atoms with E-state index < -0.39 is 0 Å². The van der Waals surface area contributed by atoms with Crippen molar-refractivity contribution < 1.29 is 5.11 Å². The Bertz CT molecular complexity index is 230. The van der Waals surface area contributed by atoms with E-state index >= 15 is 0 Å². The van der Waals surface area contributed by atoms with E-state index in [-0.39, 0.29) is 6.10 Å². The maximum Gasteiger partial charge on any atom is 0.0512 e. The number of hydrogen-bond acceptors (Lipinski definition) is 3. The van der Waals surface area contributed by atoms with Crippen molar-refractivity contribution >= 4 is 0 Å². The van der Waals surface area contributed by atoms with Crippen LogP contribution >= 0.6 is 0 Å². The Labute approximate surface area is 106 Å². The molecule has 0 amide bonds. The molecule has 2 rings (SSSR count). The summed E-state index contributed by atoms with van der Waals surface area (Å²) < 4.78 is 0. The van der Waals surface area contributed by atoms with Crippen LogP contribution in [0.3, 0.4) is 0 Å². The summed E-state index contributed by atoms with van der Waals surface area (Å²) in [6.45, 7) is 6.91. The number of hydrogen-bond donors (Lipinski definition) is 1.